The monoisotopic (exact) mass is 402 g/mol. The first kappa shape index (κ1) is 26.1. The standard InChI is InChI=1S/2C7H9.C4H8.2ClH.Zr/c1-6-3-4-7(2)5-6;1-2-7-5-3-4-6-7;1-3-4-2;;;/h3-5H,1-2H3;3-7H,1-2H2;1H,3-4H2,2H3;2*1H;/q2*-1;;;;+2/p-2. The Balaban J connectivity index is -0.000000225. The summed E-state index contributed by atoms with van der Waals surface area (Å²) < 4.78 is 2.27. The first-order valence-corrected chi connectivity index (χ1v) is 8.39. The van der Waals surface area contributed by atoms with E-state index in [0.717, 1.165) is 6.42 Å². The van der Waals surface area contributed by atoms with Gasteiger partial charge in [-0.05, 0) is 5.92 Å². The van der Waals surface area contributed by atoms with Crippen LogP contribution < -0.4 is 24.8 Å². The molecule has 118 valence electrons. The van der Waals surface area contributed by atoms with Crippen LogP contribution >= 0.6 is 0 Å². The van der Waals surface area contributed by atoms with Gasteiger partial charge in [0.2, 0.25) is 0 Å². The fraction of sp³-hybridized carbons (Fsp3) is 0.389. The second-order valence-corrected chi connectivity index (χ2v) is 5.68. The molecule has 0 fully saturated rings. The van der Waals surface area contributed by atoms with Gasteiger partial charge in [0, 0.05) is 0 Å². The van der Waals surface area contributed by atoms with Gasteiger partial charge < -0.3 is 31.7 Å². The van der Waals surface area contributed by atoms with Crippen molar-refractivity contribution in [2.24, 2.45) is 5.92 Å². The van der Waals surface area contributed by atoms with Gasteiger partial charge in [0.05, 0.1) is 0 Å². The Morgan fingerprint density at radius 2 is 1.86 bits per heavy atom. The minimum Gasteiger partial charge on any atom is -1.00 e. The average Bonchev–Trinajstić information content (AvgIpc) is 3.03. The van der Waals surface area contributed by atoms with Crippen LogP contribution in [0.3, 0.4) is 0 Å². The van der Waals surface area contributed by atoms with Crippen LogP contribution in [0.15, 0.2) is 42.5 Å². The predicted octanol–water partition coefficient (Wildman–Crippen LogP) is -0.881. The van der Waals surface area contributed by atoms with Gasteiger partial charge in [-0.25, -0.2) is 11.6 Å². The van der Waals surface area contributed by atoms with E-state index in [0.29, 0.717) is 5.92 Å². The van der Waals surface area contributed by atoms with Gasteiger partial charge in [0.1, 0.15) is 0 Å². The SMILES string of the molecule is CCC[CH]=[Zr+2].Cc1cc[c-](C)c1.[CH2-]CC1C=CC=C1.[Cl-].[Cl-]. The number of rotatable bonds is 3. The Labute approximate surface area is 158 Å². The molecule has 1 aromatic rings. The number of aryl methyl sites for hydroxylation is 2. The molecule has 0 N–H and O–H groups in total. The van der Waals surface area contributed by atoms with Crippen LogP contribution in [0.2, 0.25) is 0 Å². The molecule has 0 spiro atoms. The molecule has 0 unspecified atom stereocenters. The van der Waals surface area contributed by atoms with Gasteiger partial charge in [0.25, 0.3) is 0 Å². The molecular weight excluding hydrogens is 378 g/mol. The van der Waals surface area contributed by atoms with E-state index in [-0.39, 0.29) is 24.8 Å². The maximum absolute atomic E-state index is 3.77. The third-order valence-corrected chi connectivity index (χ3v) is 3.37. The van der Waals surface area contributed by atoms with Crippen LogP contribution in [0.4, 0.5) is 0 Å². The van der Waals surface area contributed by atoms with Crippen LogP contribution in [0, 0.1) is 26.7 Å². The van der Waals surface area contributed by atoms with E-state index in [9.17, 15) is 0 Å². The van der Waals surface area contributed by atoms with Crippen molar-refractivity contribution in [3.8, 4) is 0 Å². The van der Waals surface area contributed by atoms with E-state index < -0.39 is 0 Å². The molecule has 0 saturated heterocycles. The molecule has 0 nitrogen and oxygen atoms in total. The minimum atomic E-state index is 0. The van der Waals surface area contributed by atoms with E-state index in [4.69, 9.17) is 0 Å². The minimum absolute atomic E-state index is 0. The molecule has 0 saturated carbocycles. The van der Waals surface area contributed by atoms with Gasteiger partial charge in [-0.3, -0.25) is 0 Å². The number of hydrogen-bond acceptors (Lipinski definition) is 0. The molecule has 3 heteroatoms. The van der Waals surface area contributed by atoms with E-state index >= 15 is 0 Å². The van der Waals surface area contributed by atoms with E-state index in [1.807, 2.05) is 0 Å². The van der Waals surface area contributed by atoms with Crippen LogP contribution in [-0.4, -0.2) is 3.71 Å². The number of unbranched alkanes of at least 4 members (excludes halogenated alkanes) is 1. The summed E-state index contributed by atoms with van der Waals surface area (Å²) in [5, 5.41) is 0. The van der Waals surface area contributed by atoms with Crippen molar-refractivity contribution in [3.05, 3.63) is 60.6 Å². The van der Waals surface area contributed by atoms with E-state index in [1.165, 1.54) is 24.0 Å². The van der Waals surface area contributed by atoms with Crippen molar-refractivity contribution >= 4 is 3.71 Å². The second kappa shape index (κ2) is 18.2. The summed E-state index contributed by atoms with van der Waals surface area (Å²) in [6.45, 7) is 10.2. The van der Waals surface area contributed by atoms with Crippen LogP contribution in [0.5, 0.6) is 0 Å². The van der Waals surface area contributed by atoms with Crippen molar-refractivity contribution in [1.82, 2.24) is 0 Å². The van der Waals surface area contributed by atoms with Gasteiger partial charge >= 0.3 is 47.7 Å². The molecule has 0 amide bonds. The number of hydrogen-bond donors (Lipinski definition) is 0. The van der Waals surface area contributed by atoms with Gasteiger partial charge in [0.15, 0.2) is 0 Å². The normalized spacial score (nSPS) is 11.3. The zero-order valence-corrected chi connectivity index (χ0v) is 17.3. The van der Waals surface area contributed by atoms with Crippen molar-refractivity contribution < 1.29 is 49.0 Å². The summed E-state index contributed by atoms with van der Waals surface area (Å²) >= 11 is 1.56. The molecule has 1 aliphatic rings. The molecule has 1 aromatic carbocycles. The van der Waals surface area contributed by atoms with Crippen molar-refractivity contribution in [2.75, 3.05) is 0 Å². The third kappa shape index (κ3) is 16.4. The molecule has 0 heterocycles. The first-order chi connectivity index (χ1) is 9.13. The topological polar surface area (TPSA) is 0 Å². The van der Waals surface area contributed by atoms with Crippen LogP contribution in [-0.2, 0) is 24.2 Å². The quantitative estimate of drug-likeness (QED) is 0.574. The first-order valence-electron chi connectivity index (χ1n) is 6.97. The predicted molar refractivity (Wildman–Crippen MR) is 84.2 cm³/mol. The Bertz CT molecular complexity index is 363. The van der Waals surface area contributed by atoms with Gasteiger partial charge in [-0.2, -0.15) is 24.1 Å². The third-order valence-electron chi connectivity index (χ3n) is 2.66. The Kier molecular flexibility index (Phi) is 22.6. The van der Waals surface area contributed by atoms with E-state index in [2.05, 4.69) is 73.9 Å². The fourth-order valence-electron chi connectivity index (χ4n) is 1.53. The summed E-state index contributed by atoms with van der Waals surface area (Å²) in [6, 6.07) is 6.41. The summed E-state index contributed by atoms with van der Waals surface area (Å²) in [4.78, 5) is 0. The molecule has 0 radical (unpaired) electrons. The van der Waals surface area contributed by atoms with Gasteiger partial charge in [-0.15, -0.1) is 0 Å². The van der Waals surface area contributed by atoms with Crippen molar-refractivity contribution in [3.63, 3.8) is 0 Å². The van der Waals surface area contributed by atoms with E-state index in [1.54, 1.807) is 24.2 Å². The smallest absolute Gasteiger partial charge is 0.0319 e. The molecule has 21 heavy (non-hydrogen) atoms. The zero-order chi connectivity index (χ0) is 14.5. The summed E-state index contributed by atoms with van der Waals surface area (Å²) in [7, 11) is 0. The Morgan fingerprint density at radius 1 is 1.29 bits per heavy atom. The maximum Gasteiger partial charge on any atom is -0.0319 e. The fourth-order valence-corrected chi connectivity index (χ4v) is 2.24. The molecule has 1 aliphatic carbocycles. The number of allylic oxidation sites excluding steroid dienone is 4. The summed E-state index contributed by atoms with van der Waals surface area (Å²) in [5.74, 6) is 0.625. The van der Waals surface area contributed by atoms with Crippen molar-refractivity contribution in [2.45, 2.75) is 40.0 Å². The average molecular weight is 405 g/mol. The van der Waals surface area contributed by atoms with Gasteiger partial charge in [-0.1, -0.05) is 38.2 Å². The van der Waals surface area contributed by atoms with Crippen molar-refractivity contribution in [1.29, 1.82) is 0 Å². The summed E-state index contributed by atoms with van der Waals surface area (Å²) in [5.41, 5.74) is 2.72. The molecule has 2 rings (SSSR count). The number of halogens is 2. The molecule has 0 bridgehead atoms. The maximum atomic E-state index is 3.77. The zero-order valence-electron chi connectivity index (χ0n) is 13.3. The molecule has 0 atom stereocenters. The molecule has 0 aliphatic heterocycles. The van der Waals surface area contributed by atoms with Crippen LogP contribution in [0.25, 0.3) is 0 Å². The molecule has 0 aromatic heterocycles. The molecular formula is C18H26Cl2Zr-2. The second-order valence-electron chi connectivity index (χ2n) is 4.68. The Hall–Kier alpha value is 0.163. The summed E-state index contributed by atoms with van der Waals surface area (Å²) in [6.07, 6.45) is 12.1. The largest absolute Gasteiger partial charge is 1.00 e. The Morgan fingerprint density at radius 3 is 2.00 bits per heavy atom. The van der Waals surface area contributed by atoms with Crippen LogP contribution in [0.1, 0.15) is 37.3 Å².